The number of anilines is 1. The molecule has 0 aliphatic carbocycles. The van der Waals surface area contributed by atoms with Gasteiger partial charge in [-0.25, -0.2) is 0 Å². The van der Waals surface area contributed by atoms with E-state index in [1.54, 1.807) is 0 Å². The number of rotatable bonds is 8. The molecule has 1 heterocycles. The Morgan fingerprint density at radius 3 is 2.24 bits per heavy atom. The van der Waals surface area contributed by atoms with Gasteiger partial charge in [0.05, 0.1) is 6.04 Å². The van der Waals surface area contributed by atoms with Crippen LogP contribution in [0.2, 0.25) is 0 Å². The predicted molar refractivity (Wildman–Crippen MR) is 149 cm³/mol. The minimum Gasteiger partial charge on any atom is -0.481 e. The Kier molecular flexibility index (Phi) is 8.32. The molecule has 1 aliphatic rings. The van der Waals surface area contributed by atoms with Gasteiger partial charge in [-0.3, -0.25) is 9.59 Å². The highest BCUT2D eigenvalue weighted by Crippen LogP contribution is 2.38. The van der Waals surface area contributed by atoms with Crippen LogP contribution in [0.15, 0.2) is 66.7 Å². The fraction of sp³-hybridized carbons (Fsp3) is 0.375. The van der Waals surface area contributed by atoms with Crippen molar-refractivity contribution in [1.29, 1.82) is 0 Å². The summed E-state index contributed by atoms with van der Waals surface area (Å²) in [5, 5.41) is 2.97. The van der Waals surface area contributed by atoms with E-state index in [2.05, 4.69) is 56.4 Å². The standard InChI is InChI=1S/C32H38N2O3/c1-6-29(32(36)33-26-14-9-23(5)10-15-26)37-27-16-13-24-17-18-34(30(35)19-21(2)3)31(28(24)20-27)25-11-7-22(4)8-12-25/h7-16,20-21,29,31H,6,17-19H2,1-5H3,(H,33,36)/t29-,31+/m0/s1. The zero-order chi connectivity index (χ0) is 26.5. The lowest BCUT2D eigenvalue weighted by Gasteiger charge is -2.38. The molecule has 0 spiro atoms. The van der Waals surface area contributed by atoms with E-state index in [0.29, 0.717) is 31.1 Å². The van der Waals surface area contributed by atoms with Gasteiger partial charge >= 0.3 is 0 Å². The van der Waals surface area contributed by atoms with Crippen molar-refractivity contribution in [3.63, 3.8) is 0 Å². The Hall–Kier alpha value is -3.60. The first-order chi connectivity index (χ1) is 17.7. The number of hydrogen-bond donors (Lipinski definition) is 1. The van der Waals surface area contributed by atoms with E-state index in [0.717, 1.165) is 28.8 Å². The van der Waals surface area contributed by atoms with E-state index >= 15 is 0 Å². The van der Waals surface area contributed by atoms with Crippen LogP contribution in [0.1, 0.15) is 67.5 Å². The average Bonchev–Trinajstić information content (AvgIpc) is 2.88. The Bertz CT molecular complexity index is 1230. The van der Waals surface area contributed by atoms with Gasteiger partial charge in [-0.1, -0.05) is 74.4 Å². The summed E-state index contributed by atoms with van der Waals surface area (Å²) >= 11 is 0. The van der Waals surface area contributed by atoms with Crippen molar-refractivity contribution in [2.75, 3.05) is 11.9 Å². The van der Waals surface area contributed by atoms with Crippen LogP contribution in [0.3, 0.4) is 0 Å². The van der Waals surface area contributed by atoms with Gasteiger partial charge in [-0.05, 0) is 73.6 Å². The van der Waals surface area contributed by atoms with E-state index in [-0.39, 0.29) is 17.9 Å². The van der Waals surface area contributed by atoms with Crippen molar-refractivity contribution >= 4 is 17.5 Å². The summed E-state index contributed by atoms with van der Waals surface area (Å²) in [5.41, 5.74) is 6.44. The van der Waals surface area contributed by atoms with Crippen LogP contribution in [-0.4, -0.2) is 29.4 Å². The maximum atomic E-state index is 13.3. The van der Waals surface area contributed by atoms with Gasteiger partial charge < -0.3 is 15.0 Å². The maximum Gasteiger partial charge on any atom is 0.265 e. The van der Waals surface area contributed by atoms with Gasteiger partial charge in [0.2, 0.25) is 5.91 Å². The molecule has 1 aliphatic heterocycles. The first-order valence-corrected chi connectivity index (χ1v) is 13.3. The third kappa shape index (κ3) is 6.40. The molecule has 0 fully saturated rings. The number of amides is 2. The van der Waals surface area contributed by atoms with Gasteiger partial charge in [0.15, 0.2) is 6.10 Å². The molecule has 4 rings (SSSR count). The molecular formula is C32H38N2O3. The fourth-order valence-corrected chi connectivity index (χ4v) is 4.86. The van der Waals surface area contributed by atoms with Crippen LogP contribution in [-0.2, 0) is 16.0 Å². The highest BCUT2D eigenvalue weighted by atomic mass is 16.5. The van der Waals surface area contributed by atoms with Gasteiger partial charge in [0, 0.05) is 18.7 Å². The van der Waals surface area contributed by atoms with Gasteiger partial charge in [-0.15, -0.1) is 0 Å². The summed E-state index contributed by atoms with van der Waals surface area (Å²) < 4.78 is 6.24. The fourth-order valence-electron chi connectivity index (χ4n) is 4.86. The van der Waals surface area contributed by atoms with Gasteiger partial charge in [0.1, 0.15) is 5.75 Å². The lowest BCUT2D eigenvalue weighted by Crippen LogP contribution is -2.41. The molecular weight excluding hydrogens is 460 g/mol. The van der Waals surface area contributed by atoms with Gasteiger partial charge in [-0.2, -0.15) is 0 Å². The lowest BCUT2D eigenvalue weighted by molar-refractivity contribution is -0.134. The van der Waals surface area contributed by atoms with Crippen LogP contribution < -0.4 is 10.1 Å². The molecule has 37 heavy (non-hydrogen) atoms. The number of nitrogens with zero attached hydrogens (tertiary/aromatic N) is 1. The monoisotopic (exact) mass is 498 g/mol. The molecule has 1 N–H and O–H groups in total. The average molecular weight is 499 g/mol. The third-order valence-electron chi connectivity index (χ3n) is 6.90. The Morgan fingerprint density at radius 1 is 0.973 bits per heavy atom. The van der Waals surface area contributed by atoms with E-state index in [1.807, 2.05) is 55.1 Å². The van der Waals surface area contributed by atoms with Crippen molar-refractivity contribution in [3.8, 4) is 5.75 Å². The molecule has 5 nitrogen and oxygen atoms in total. The van der Waals surface area contributed by atoms with Crippen LogP contribution in [0.4, 0.5) is 5.69 Å². The second-order valence-electron chi connectivity index (χ2n) is 10.5. The lowest BCUT2D eigenvalue weighted by atomic mass is 9.87. The van der Waals surface area contributed by atoms with Crippen molar-refractivity contribution in [1.82, 2.24) is 4.90 Å². The highest BCUT2D eigenvalue weighted by Gasteiger charge is 2.33. The minimum atomic E-state index is -0.626. The molecule has 0 saturated heterocycles. The van der Waals surface area contributed by atoms with Crippen LogP contribution in [0.5, 0.6) is 5.75 Å². The second-order valence-corrected chi connectivity index (χ2v) is 10.5. The summed E-state index contributed by atoms with van der Waals surface area (Å²) in [6, 6.07) is 22.0. The number of carbonyl (C=O) groups excluding carboxylic acids is 2. The maximum absolute atomic E-state index is 13.3. The van der Waals surface area contributed by atoms with Crippen LogP contribution in [0.25, 0.3) is 0 Å². The van der Waals surface area contributed by atoms with E-state index in [9.17, 15) is 9.59 Å². The molecule has 0 bridgehead atoms. The Labute approximate surface area is 220 Å². The summed E-state index contributed by atoms with van der Waals surface area (Å²) in [6.45, 7) is 10.9. The van der Waals surface area contributed by atoms with Gasteiger partial charge in [0.25, 0.3) is 5.91 Å². The number of benzene rings is 3. The zero-order valence-corrected chi connectivity index (χ0v) is 22.6. The number of aryl methyl sites for hydroxylation is 2. The number of ether oxygens (including phenoxy) is 1. The molecule has 0 aromatic heterocycles. The number of nitrogens with one attached hydrogen (secondary N) is 1. The van der Waals surface area contributed by atoms with E-state index in [1.165, 1.54) is 11.1 Å². The van der Waals surface area contributed by atoms with Crippen molar-refractivity contribution in [2.24, 2.45) is 5.92 Å². The van der Waals surface area contributed by atoms with E-state index < -0.39 is 6.10 Å². The quantitative estimate of drug-likeness (QED) is 0.380. The molecule has 0 saturated carbocycles. The molecule has 3 aromatic rings. The topological polar surface area (TPSA) is 58.6 Å². The molecule has 2 amide bonds. The van der Waals surface area contributed by atoms with Crippen molar-refractivity contribution in [3.05, 3.63) is 94.5 Å². The van der Waals surface area contributed by atoms with Crippen molar-refractivity contribution < 1.29 is 14.3 Å². The number of carbonyl (C=O) groups is 2. The number of hydrogen-bond acceptors (Lipinski definition) is 3. The van der Waals surface area contributed by atoms with Crippen LogP contribution in [0, 0.1) is 19.8 Å². The van der Waals surface area contributed by atoms with E-state index in [4.69, 9.17) is 4.74 Å². The Morgan fingerprint density at radius 2 is 1.62 bits per heavy atom. The first kappa shape index (κ1) is 26.5. The molecule has 5 heteroatoms. The third-order valence-corrected chi connectivity index (χ3v) is 6.90. The van der Waals surface area contributed by atoms with Crippen molar-refractivity contribution in [2.45, 2.75) is 66.0 Å². The minimum absolute atomic E-state index is 0.168. The SMILES string of the molecule is CC[C@H](Oc1ccc2c(c1)[C@@H](c1ccc(C)cc1)N(C(=O)CC(C)C)CC2)C(=O)Nc1ccc(C)cc1. The summed E-state index contributed by atoms with van der Waals surface area (Å²) in [5.74, 6) is 0.925. The molecule has 3 aromatic carbocycles. The first-order valence-electron chi connectivity index (χ1n) is 13.3. The number of fused-ring (bicyclic) bond motifs is 1. The Balaban J connectivity index is 1.62. The predicted octanol–water partition coefficient (Wildman–Crippen LogP) is 6.62. The smallest absolute Gasteiger partial charge is 0.265 e. The molecule has 2 atom stereocenters. The summed E-state index contributed by atoms with van der Waals surface area (Å²) in [7, 11) is 0. The zero-order valence-electron chi connectivity index (χ0n) is 22.6. The van der Waals surface area contributed by atoms with Crippen LogP contribution >= 0.6 is 0 Å². The summed E-state index contributed by atoms with van der Waals surface area (Å²) in [4.78, 5) is 28.3. The largest absolute Gasteiger partial charge is 0.481 e. The summed E-state index contributed by atoms with van der Waals surface area (Å²) in [6.07, 6.45) is 1.23. The molecule has 0 radical (unpaired) electrons. The second kappa shape index (κ2) is 11.6. The highest BCUT2D eigenvalue weighted by molar-refractivity contribution is 5.94. The molecule has 194 valence electrons. The molecule has 0 unspecified atom stereocenters. The normalized spacial score (nSPS) is 15.7.